The predicted octanol–water partition coefficient (Wildman–Crippen LogP) is 3.14. The van der Waals surface area contributed by atoms with E-state index < -0.39 is 5.44 Å². The maximum atomic E-state index is 14.3. The van der Waals surface area contributed by atoms with E-state index >= 15 is 0 Å². The molecule has 0 atom stereocenters. The molecule has 0 aliphatic rings. The van der Waals surface area contributed by atoms with E-state index in [9.17, 15) is 4.39 Å². The van der Waals surface area contributed by atoms with Crippen molar-refractivity contribution >= 4 is 24.4 Å². The first-order chi connectivity index (χ1) is 10.4. The zero-order valence-corrected chi connectivity index (χ0v) is 12.8. The van der Waals surface area contributed by atoms with E-state index in [0.717, 1.165) is 16.5 Å². The number of anilines is 1. The molecule has 2 radical (unpaired) electrons. The highest BCUT2D eigenvalue weighted by atomic mass is 19.1. The number of benzene rings is 1. The van der Waals surface area contributed by atoms with Gasteiger partial charge in [0.15, 0.2) is 0 Å². The maximum Gasteiger partial charge on any atom is 0.133 e. The molecular weight excluding hydrogens is 278 g/mol. The zero-order chi connectivity index (χ0) is 15.9. The third-order valence-corrected chi connectivity index (χ3v) is 3.55. The van der Waals surface area contributed by atoms with Gasteiger partial charge in [0.05, 0.1) is 6.20 Å². The molecule has 3 rings (SSSR count). The van der Waals surface area contributed by atoms with Gasteiger partial charge in [-0.2, -0.15) is 5.10 Å². The second kappa shape index (κ2) is 5.12. The van der Waals surface area contributed by atoms with E-state index in [1.54, 1.807) is 17.9 Å². The lowest BCUT2D eigenvalue weighted by molar-refractivity contribution is 0.465. The van der Waals surface area contributed by atoms with Crippen molar-refractivity contribution in [3.8, 4) is 11.1 Å². The summed E-state index contributed by atoms with van der Waals surface area (Å²) < 4.78 is 16.0. The van der Waals surface area contributed by atoms with Crippen LogP contribution in [0.15, 0.2) is 36.8 Å². The van der Waals surface area contributed by atoms with Crippen LogP contribution in [0.25, 0.3) is 21.9 Å². The van der Waals surface area contributed by atoms with Gasteiger partial charge < -0.3 is 5.32 Å². The summed E-state index contributed by atoms with van der Waals surface area (Å²) in [5.74, 6) is 0.394. The molecule has 0 spiro atoms. The van der Waals surface area contributed by atoms with Gasteiger partial charge in [-0.15, -0.1) is 0 Å². The second-order valence-electron chi connectivity index (χ2n) is 5.83. The van der Waals surface area contributed by atoms with E-state index in [2.05, 4.69) is 15.4 Å². The van der Waals surface area contributed by atoms with Crippen molar-refractivity contribution in [3.63, 3.8) is 0 Å². The molecule has 0 amide bonds. The molecule has 1 aromatic carbocycles. The Morgan fingerprint density at radius 2 is 1.95 bits per heavy atom. The molecule has 0 bridgehead atoms. The van der Waals surface area contributed by atoms with Crippen LogP contribution in [-0.4, -0.2) is 29.7 Å². The normalized spacial score (nSPS) is 11.8. The molecule has 110 valence electrons. The zero-order valence-electron chi connectivity index (χ0n) is 12.8. The summed E-state index contributed by atoms with van der Waals surface area (Å²) in [5.41, 5.74) is 0.979. The van der Waals surface area contributed by atoms with E-state index in [1.165, 1.54) is 12.3 Å². The Balaban J connectivity index is 2.13. The Bertz CT molecular complexity index is 836. The number of hydrogen-bond donors (Lipinski definition) is 1. The molecule has 0 saturated carbocycles. The van der Waals surface area contributed by atoms with Gasteiger partial charge in [-0.1, -0.05) is 0 Å². The maximum absolute atomic E-state index is 14.3. The molecule has 2 aromatic heterocycles. The number of aromatic nitrogens is 3. The topological polar surface area (TPSA) is 42.7 Å². The summed E-state index contributed by atoms with van der Waals surface area (Å²) in [5, 5.41) is 8.49. The van der Waals surface area contributed by atoms with Crippen LogP contribution in [0.1, 0.15) is 13.8 Å². The lowest BCUT2D eigenvalue weighted by Gasteiger charge is -2.19. The Morgan fingerprint density at radius 1 is 1.18 bits per heavy atom. The highest BCUT2D eigenvalue weighted by Gasteiger charge is 2.15. The van der Waals surface area contributed by atoms with Crippen LogP contribution in [0.5, 0.6) is 0 Å². The lowest BCUT2D eigenvalue weighted by atomic mass is 9.82. The largest absolute Gasteiger partial charge is 0.373 e. The van der Waals surface area contributed by atoms with Crippen molar-refractivity contribution in [2.75, 3.05) is 12.4 Å². The van der Waals surface area contributed by atoms with Crippen LogP contribution in [0.4, 0.5) is 10.2 Å². The van der Waals surface area contributed by atoms with Gasteiger partial charge in [0, 0.05) is 35.8 Å². The van der Waals surface area contributed by atoms with E-state index in [-0.39, 0.29) is 5.82 Å². The Kier molecular flexibility index (Phi) is 3.39. The Morgan fingerprint density at radius 3 is 2.59 bits per heavy atom. The van der Waals surface area contributed by atoms with Crippen molar-refractivity contribution in [3.05, 3.63) is 42.6 Å². The molecule has 3 aromatic rings. The summed E-state index contributed by atoms with van der Waals surface area (Å²) in [6.07, 6.45) is 5.04. The molecule has 6 heteroatoms. The fourth-order valence-electron chi connectivity index (χ4n) is 2.30. The van der Waals surface area contributed by atoms with Gasteiger partial charge in [-0.25, -0.2) is 9.37 Å². The lowest BCUT2D eigenvalue weighted by Crippen LogP contribution is -2.26. The van der Waals surface area contributed by atoms with Crippen LogP contribution >= 0.6 is 0 Å². The molecule has 0 aliphatic heterocycles. The summed E-state index contributed by atoms with van der Waals surface area (Å²) >= 11 is 0. The van der Waals surface area contributed by atoms with E-state index in [4.69, 9.17) is 7.85 Å². The number of nitrogens with one attached hydrogen (secondary N) is 1. The monoisotopic (exact) mass is 294 g/mol. The summed E-state index contributed by atoms with van der Waals surface area (Å²) in [7, 11) is 7.80. The van der Waals surface area contributed by atoms with Crippen LogP contribution in [-0.2, 0) is 5.44 Å². The third-order valence-electron chi connectivity index (χ3n) is 3.55. The first kappa shape index (κ1) is 14.6. The fourth-order valence-corrected chi connectivity index (χ4v) is 2.30. The molecule has 22 heavy (non-hydrogen) atoms. The minimum atomic E-state index is -0.600. The average molecular weight is 294 g/mol. The quantitative estimate of drug-likeness (QED) is 0.755. The molecular formula is C16H16BFN4. The number of fused-ring (bicyclic) bond motifs is 1. The first-order valence-electron chi connectivity index (χ1n) is 7.00. The van der Waals surface area contributed by atoms with Crippen LogP contribution < -0.4 is 5.32 Å². The molecule has 4 nitrogen and oxygen atoms in total. The van der Waals surface area contributed by atoms with Crippen LogP contribution in [0, 0.1) is 5.82 Å². The molecule has 0 unspecified atom stereocenters. The number of rotatable bonds is 3. The number of hydrogen-bond acceptors (Lipinski definition) is 3. The second-order valence-corrected chi connectivity index (χ2v) is 5.83. The van der Waals surface area contributed by atoms with Gasteiger partial charge in [-0.3, -0.25) is 4.68 Å². The van der Waals surface area contributed by atoms with Crippen molar-refractivity contribution in [1.29, 1.82) is 0 Å². The molecule has 0 saturated heterocycles. The molecule has 2 heterocycles. The van der Waals surface area contributed by atoms with Gasteiger partial charge in [0.1, 0.15) is 19.5 Å². The van der Waals surface area contributed by atoms with Gasteiger partial charge in [0.2, 0.25) is 0 Å². The highest BCUT2D eigenvalue weighted by Crippen LogP contribution is 2.28. The third kappa shape index (κ3) is 2.56. The SMILES string of the molecule is [B]C(C)(C)n1cc(-c2cc(F)c3cnc(NC)cc3c2)cn1. The number of halogens is 1. The highest BCUT2D eigenvalue weighted by molar-refractivity contribution is 6.13. The predicted molar refractivity (Wildman–Crippen MR) is 87.5 cm³/mol. The van der Waals surface area contributed by atoms with Gasteiger partial charge in [-0.05, 0) is 43.0 Å². The Hall–Kier alpha value is -2.37. The van der Waals surface area contributed by atoms with E-state index in [1.807, 2.05) is 32.2 Å². The van der Waals surface area contributed by atoms with Crippen LogP contribution in [0.2, 0.25) is 0 Å². The van der Waals surface area contributed by atoms with E-state index in [0.29, 0.717) is 11.2 Å². The summed E-state index contributed by atoms with van der Waals surface area (Å²) in [6, 6.07) is 5.24. The minimum Gasteiger partial charge on any atom is -0.373 e. The van der Waals surface area contributed by atoms with Crippen molar-refractivity contribution in [1.82, 2.24) is 14.8 Å². The molecule has 0 fully saturated rings. The molecule has 0 aliphatic carbocycles. The molecule has 1 N–H and O–H groups in total. The van der Waals surface area contributed by atoms with Crippen molar-refractivity contribution in [2.24, 2.45) is 0 Å². The minimum absolute atomic E-state index is 0.303. The van der Waals surface area contributed by atoms with Crippen molar-refractivity contribution < 1.29 is 4.39 Å². The standard InChI is InChI=1S/C16H16BFN4/c1-16(2,17)22-9-12(7-21-22)10-4-11-6-15(19-3)20-8-13(11)14(18)5-10/h4-9H,1-3H3,(H,19,20). The number of nitrogens with zero attached hydrogens (tertiary/aromatic N) is 3. The fraction of sp³-hybridized carbons (Fsp3) is 0.250. The van der Waals surface area contributed by atoms with Gasteiger partial charge in [0.25, 0.3) is 0 Å². The van der Waals surface area contributed by atoms with Crippen molar-refractivity contribution in [2.45, 2.75) is 19.3 Å². The summed E-state index contributed by atoms with van der Waals surface area (Å²) in [4.78, 5) is 4.14. The summed E-state index contributed by atoms with van der Waals surface area (Å²) in [6.45, 7) is 3.71. The van der Waals surface area contributed by atoms with Crippen LogP contribution in [0.3, 0.4) is 0 Å². The van der Waals surface area contributed by atoms with Gasteiger partial charge >= 0.3 is 0 Å². The first-order valence-corrected chi connectivity index (χ1v) is 7.00. The number of pyridine rings is 1. The average Bonchev–Trinajstić information content (AvgIpc) is 2.96. The Labute approximate surface area is 129 Å². The smallest absolute Gasteiger partial charge is 0.133 e.